The fourth-order valence-electron chi connectivity index (χ4n) is 5.44. The maximum Gasteiger partial charge on any atom is 0.230 e. The van der Waals surface area contributed by atoms with Gasteiger partial charge in [-0.05, 0) is 43.9 Å². The number of hydrogen-bond acceptors (Lipinski definition) is 8. The van der Waals surface area contributed by atoms with Gasteiger partial charge in [-0.25, -0.2) is 9.97 Å². The van der Waals surface area contributed by atoms with Gasteiger partial charge in [0.15, 0.2) is 11.9 Å². The molecule has 10 heteroatoms. The van der Waals surface area contributed by atoms with E-state index in [2.05, 4.69) is 15.1 Å². The molecule has 0 unspecified atom stereocenters. The Morgan fingerprint density at radius 2 is 1.89 bits per heavy atom. The Kier molecular flexibility index (Phi) is 5.11. The van der Waals surface area contributed by atoms with Gasteiger partial charge in [0.05, 0.1) is 28.1 Å². The highest BCUT2D eigenvalue weighted by Gasteiger charge is 2.35. The van der Waals surface area contributed by atoms with Crippen LogP contribution in [0.3, 0.4) is 0 Å². The SMILES string of the molecule is O=C1CCC(=O)N1Cc1cc2ncnc(-c3cc(Cl)cc4c3O[C@@H](c3onc5c3CCCC5)C4)c2s1. The van der Waals surface area contributed by atoms with Gasteiger partial charge in [-0.15, -0.1) is 11.3 Å². The summed E-state index contributed by atoms with van der Waals surface area (Å²) in [6.07, 6.45) is 6.64. The van der Waals surface area contributed by atoms with Gasteiger partial charge in [0.1, 0.15) is 12.1 Å². The molecule has 1 fully saturated rings. The molecule has 1 aromatic carbocycles. The van der Waals surface area contributed by atoms with E-state index in [4.69, 9.17) is 20.9 Å². The molecule has 8 nitrogen and oxygen atoms in total. The van der Waals surface area contributed by atoms with Gasteiger partial charge in [-0.3, -0.25) is 14.5 Å². The molecule has 0 spiro atoms. The molecule has 3 aliphatic rings. The van der Waals surface area contributed by atoms with Crippen molar-refractivity contribution in [3.63, 3.8) is 0 Å². The first-order chi connectivity index (χ1) is 17.5. The average molecular weight is 521 g/mol. The molecule has 4 aromatic rings. The third kappa shape index (κ3) is 3.52. The van der Waals surface area contributed by atoms with Crippen molar-refractivity contribution in [1.82, 2.24) is 20.0 Å². The zero-order valence-electron chi connectivity index (χ0n) is 19.3. The predicted octanol–water partition coefficient (Wildman–Crippen LogP) is 5.20. The number of amides is 2. The van der Waals surface area contributed by atoms with Crippen molar-refractivity contribution < 1.29 is 18.8 Å². The van der Waals surface area contributed by atoms with E-state index in [0.29, 0.717) is 17.1 Å². The summed E-state index contributed by atoms with van der Waals surface area (Å²) in [7, 11) is 0. The lowest BCUT2D eigenvalue weighted by molar-refractivity contribution is -0.138. The minimum Gasteiger partial charge on any atom is -0.481 e. The van der Waals surface area contributed by atoms with E-state index in [9.17, 15) is 9.59 Å². The molecule has 3 aromatic heterocycles. The minimum absolute atomic E-state index is 0.134. The van der Waals surface area contributed by atoms with E-state index in [1.807, 2.05) is 18.2 Å². The second-order valence-electron chi connectivity index (χ2n) is 9.45. The van der Waals surface area contributed by atoms with E-state index in [-0.39, 0.29) is 37.3 Å². The Hall–Kier alpha value is -3.30. The number of rotatable bonds is 4. The zero-order chi connectivity index (χ0) is 24.4. The molecule has 0 saturated carbocycles. The molecule has 0 radical (unpaired) electrons. The molecule has 1 aliphatic carbocycles. The molecule has 0 bridgehead atoms. The van der Waals surface area contributed by atoms with Crippen LogP contribution >= 0.6 is 22.9 Å². The summed E-state index contributed by atoms with van der Waals surface area (Å²) in [5.74, 6) is 1.29. The number of halogens is 1. The first-order valence-corrected chi connectivity index (χ1v) is 13.3. The highest BCUT2D eigenvalue weighted by Crippen LogP contribution is 2.47. The van der Waals surface area contributed by atoms with Gasteiger partial charge >= 0.3 is 0 Å². The van der Waals surface area contributed by atoms with Crippen molar-refractivity contribution in [3.05, 3.63) is 57.0 Å². The molecular weight excluding hydrogens is 500 g/mol. The number of thiophene rings is 1. The van der Waals surface area contributed by atoms with Crippen LogP contribution in [-0.2, 0) is 35.4 Å². The highest BCUT2D eigenvalue weighted by molar-refractivity contribution is 7.19. The second-order valence-corrected chi connectivity index (χ2v) is 11.0. The smallest absolute Gasteiger partial charge is 0.230 e. The number of fused-ring (bicyclic) bond motifs is 3. The maximum absolute atomic E-state index is 12.1. The maximum atomic E-state index is 12.1. The third-order valence-electron chi connectivity index (χ3n) is 7.16. The third-order valence-corrected chi connectivity index (χ3v) is 8.50. The minimum atomic E-state index is -0.255. The summed E-state index contributed by atoms with van der Waals surface area (Å²) in [6.45, 7) is 0.251. The lowest BCUT2D eigenvalue weighted by atomic mass is 9.94. The van der Waals surface area contributed by atoms with Crippen molar-refractivity contribution in [2.75, 3.05) is 0 Å². The Balaban J connectivity index is 1.27. The number of nitrogens with zero attached hydrogens (tertiary/aromatic N) is 4. The predicted molar refractivity (Wildman–Crippen MR) is 133 cm³/mol. The fourth-order valence-corrected chi connectivity index (χ4v) is 6.79. The molecule has 0 N–H and O–H groups in total. The van der Waals surface area contributed by atoms with E-state index < -0.39 is 0 Å². The Bertz CT molecular complexity index is 1550. The number of hydrogen-bond donors (Lipinski definition) is 0. The number of carbonyl (C=O) groups excluding carboxylic acids is 2. The summed E-state index contributed by atoms with van der Waals surface area (Å²) in [5, 5.41) is 4.91. The van der Waals surface area contributed by atoms with Gasteiger partial charge < -0.3 is 9.26 Å². The monoisotopic (exact) mass is 520 g/mol. The molecule has 2 aliphatic heterocycles. The first-order valence-electron chi connectivity index (χ1n) is 12.1. The van der Waals surface area contributed by atoms with Crippen molar-refractivity contribution in [2.24, 2.45) is 0 Å². The molecule has 7 rings (SSSR count). The van der Waals surface area contributed by atoms with Crippen LogP contribution < -0.4 is 4.74 Å². The van der Waals surface area contributed by atoms with Gasteiger partial charge in [-0.2, -0.15) is 0 Å². The van der Waals surface area contributed by atoms with Crippen molar-refractivity contribution >= 4 is 45.0 Å². The first kappa shape index (κ1) is 21.9. The summed E-state index contributed by atoms with van der Waals surface area (Å²) < 4.78 is 13.1. The zero-order valence-corrected chi connectivity index (χ0v) is 20.8. The molecular formula is C26H21ClN4O4S. The van der Waals surface area contributed by atoms with Gasteiger partial charge in [0, 0.05) is 45.9 Å². The van der Waals surface area contributed by atoms with Crippen LogP contribution in [0.5, 0.6) is 5.75 Å². The van der Waals surface area contributed by atoms with E-state index in [1.54, 1.807) is 0 Å². The van der Waals surface area contributed by atoms with Gasteiger partial charge in [-0.1, -0.05) is 16.8 Å². The largest absolute Gasteiger partial charge is 0.481 e. The molecule has 2 amide bonds. The Morgan fingerprint density at radius 3 is 2.75 bits per heavy atom. The second kappa shape index (κ2) is 8.38. The van der Waals surface area contributed by atoms with Crippen LogP contribution in [0.2, 0.25) is 5.02 Å². The standard InChI is InChI=1S/C26H21ClN4O4S/c27-14-7-13-8-20(25-16-3-1-2-4-18(16)30-35-25)34-24(13)17(9-14)23-26-19(28-12-29-23)10-15(36-26)11-31-21(32)5-6-22(31)33/h7,9-10,12,20H,1-6,8,11H2/t20-/m1/s1. The van der Waals surface area contributed by atoms with E-state index in [1.165, 1.54) is 28.1 Å². The van der Waals surface area contributed by atoms with Crippen LogP contribution in [-0.4, -0.2) is 31.8 Å². The lowest BCUT2D eigenvalue weighted by Gasteiger charge is -2.14. The summed E-state index contributed by atoms with van der Waals surface area (Å²) >= 11 is 8.04. The van der Waals surface area contributed by atoms with Gasteiger partial charge in [0.2, 0.25) is 11.8 Å². The molecule has 36 heavy (non-hydrogen) atoms. The van der Waals surface area contributed by atoms with E-state index >= 15 is 0 Å². The lowest BCUT2D eigenvalue weighted by Crippen LogP contribution is -2.27. The Labute approximate surface area is 215 Å². The number of aromatic nitrogens is 3. The van der Waals surface area contributed by atoms with Crippen LogP contribution in [0.4, 0.5) is 0 Å². The quantitative estimate of drug-likeness (QED) is 0.341. The molecule has 1 saturated heterocycles. The number of imide groups is 1. The van der Waals surface area contributed by atoms with Crippen LogP contribution in [0.15, 0.2) is 29.0 Å². The van der Waals surface area contributed by atoms with Crippen molar-refractivity contribution in [3.8, 4) is 17.0 Å². The Morgan fingerprint density at radius 1 is 1.06 bits per heavy atom. The molecule has 1 atom stereocenters. The van der Waals surface area contributed by atoms with Crippen LogP contribution in [0.1, 0.15) is 59.2 Å². The summed E-state index contributed by atoms with van der Waals surface area (Å²) in [6, 6.07) is 5.72. The average Bonchev–Trinajstić information content (AvgIpc) is 3.65. The fraction of sp³-hybridized carbons (Fsp3) is 0.346. The van der Waals surface area contributed by atoms with Crippen molar-refractivity contribution in [1.29, 1.82) is 0 Å². The van der Waals surface area contributed by atoms with E-state index in [0.717, 1.165) is 69.1 Å². The van der Waals surface area contributed by atoms with Gasteiger partial charge in [0.25, 0.3) is 0 Å². The molecule has 182 valence electrons. The number of aryl methyl sites for hydroxylation is 1. The number of benzene rings is 1. The number of carbonyl (C=O) groups is 2. The van der Waals surface area contributed by atoms with Crippen molar-refractivity contribution in [2.45, 2.75) is 57.6 Å². The topological polar surface area (TPSA) is 98.4 Å². The van der Waals surface area contributed by atoms with Crippen LogP contribution in [0.25, 0.3) is 21.5 Å². The number of likely N-dealkylation sites (tertiary alicyclic amines) is 1. The number of ether oxygens (including phenoxy) is 1. The molecule has 5 heterocycles. The summed E-state index contributed by atoms with van der Waals surface area (Å²) in [4.78, 5) is 35.5. The highest BCUT2D eigenvalue weighted by atomic mass is 35.5. The van der Waals surface area contributed by atoms with Crippen LogP contribution in [0, 0.1) is 0 Å². The summed E-state index contributed by atoms with van der Waals surface area (Å²) in [5.41, 5.74) is 5.50. The normalized spacial score (nSPS) is 19.1.